The largest absolute Gasteiger partial charge is 0.308 e. The first-order chi connectivity index (χ1) is 13.0. The fraction of sp³-hybridized carbons (Fsp3) is 0.120. The summed E-state index contributed by atoms with van der Waals surface area (Å²) in [5.74, 6) is 0. The molecular weight excluding hydrogens is 342 g/mol. The van der Waals surface area contributed by atoms with Crippen LogP contribution in [0.5, 0.6) is 0 Å². The lowest BCUT2D eigenvalue weighted by Gasteiger charge is -2.17. The Kier molecular flexibility index (Phi) is 2.77. The molecule has 0 aliphatic heterocycles. The average molecular weight is 364 g/mol. The molecule has 0 aliphatic rings. The second-order valence-electron chi connectivity index (χ2n) is 8.70. The van der Waals surface area contributed by atoms with Gasteiger partial charge in [-0.2, -0.15) is 0 Å². The highest BCUT2D eigenvalue weighted by molar-refractivity contribution is 6.89. The van der Waals surface area contributed by atoms with Crippen molar-refractivity contribution in [3.63, 3.8) is 0 Å². The molecule has 6 rings (SSSR count). The molecule has 0 aliphatic carbocycles. The van der Waals surface area contributed by atoms with Crippen LogP contribution < -0.4 is 5.19 Å². The van der Waals surface area contributed by atoms with Crippen LogP contribution in [-0.4, -0.2) is 12.5 Å². The molecular formula is C25H21NSi. The van der Waals surface area contributed by atoms with Crippen molar-refractivity contribution in [2.75, 3.05) is 0 Å². The van der Waals surface area contributed by atoms with Gasteiger partial charge in [-0.3, -0.25) is 0 Å². The van der Waals surface area contributed by atoms with E-state index in [4.69, 9.17) is 0 Å². The van der Waals surface area contributed by atoms with Crippen molar-refractivity contribution < 1.29 is 0 Å². The minimum absolute atomic E-state index is 1.32. The van der Waals surface area contributed by atoms with Gasteiger partial charge >= 0.3 is 0 Å². The highest BCUT2D eigenvalue weighted by Gasteiger charge is 2.23. The van der Waals surface area contributed by atoms with E-state index in [1.165, 1.54) is 54.1 Å². The molecule has 4 aromatic carbocycles. The molecule has 0 saturated carbocycles. The van der Waals surface area contributed by atoms with E-state index in [2.05, 4.69) is 96.8 Å². The van der Waals surface area contributed by atoms with Crippen molar-refractivity contribution in [2.24, 2.45) is 0 Å². The molecule has 0 radical (unpaired) electrons. The smallest absolute Gasteiger partial charge is 0.0776 e. The zero-order chi connectivity index (χ0) is 18.3. The highest BCUT2D eigenvalue weighted by atomic mass is 28.3. The summed E-state index contributed by atoms with van der Waals surface area (Å²) in [6.45, 7) is 7.33. The molecule has 130 valence electrons. The lowest BCUT2D eigenvalue weighted by molar-refractivity contribution is 1.37. The lowest BCUT2D eigenvalue weighted by atomic mass is 10.0. The number of aromatic nitrogens is 1. The Hall–Kier alpha value is -2.84. The third kappa shape index (κ3) is 1.88. The maximum Gasteiger partial charge on any atom is 0.0776 e. The third-order valence-electron chi connectivity index (χ3n) is 6.05. The van der Waals surface area contributed by atoms with Crippen LogP contribution >= 0.6 is 0 Å². The molecule has 27 heavy (non-hydrogen) atoms. The minimum Gasteiger partial charge on any atom is -0.308 e. The predicted octanol–water partition coefficient (Wildman–Crippen LogP) is 6.54. The molecule has 0 fully saturated rings. The van der Waals surface area contributed by atoms with Gasteiger partial charge in [0.1, 0.15) is 0 Å². The van der Waals surface area contributed by atoms with Crippen LogP contribution in [0.25, 0.3) is 48.9 Å². The molecule has 1 nitrogen and oxygen atoms in total. The Morgan fingerprint density at radius 1 is 0.630 bits per heavy atom. The van der Waals surface area contributed by atoms with E-state index in [1.54, 1.807) is 0 Å². The Bertz CT molecular complexity index is 1500. The van der Waals surface area contributed by atoms with Crippen LogP contribution in [0.15, 0.2) is 72.8 Å². The van der Waals surface area contributed by atoms with Crippen LogP contribution in [0, 0.1) is 0 Å². The average Bonchev–Trinajstić information content (AvgIpc) is 3.18. The molecule has 0 spiro atoms. The van der Waals surface area contributed by atoms with Crippen molar-refractivity contribution in [2.45, 2.75) is 19.6 Å². The van der Waals surface area contributed by atoms with E-state index >= 15 is 0 Å². The quantitative estimate of drug-likeness (QED) is 0.292. The van der Waals surface area contributed by atoms with Crippen LogP contribution in [0.3, 0.4) is 0 Å². The van der Waals surface area contributed by atoms with Gasteiger partial charge in [0.25, 0.3) is 0 Å². The summed E-state index contributed by atoms with van der Waals surface area (Å²) < 4.78 is 2.48. The molecule has 0 amide bonds. The first-order valence-corrected chi connectivity index (χ1v) is 13.1. The maximum absolute atomic E-state index is 2.49. The zero-order valence-corrected chi connectivity index (χ0v) is 16.9. The van der Waals surface area contributed by atoms with E-state index in [9.17, 15) is 0 Å². The maximum atomic E-state index is 2.49. The van der Waals surface area contributed by atoms with Gasteiger partial charge < -0.3 is 4.40 Å². The van der Waals surface area contributed by atoms with E-state index in [0.717, 1.165) is 0 Å². The minimum atomic E-state index is -1.43. The van der Waals surface area contributed by atoms with E-state index in [0.29, 0.717) is 0 Å². The summed E-state index contributed by atoms with van der Waals surface area (Å²) in [6, 6.07) is 27.2. The second-order valence-corrected chi connectivity index (χ2v) is 13.8. The van der Waals surface area contributed by atoms with Crippen LogP contribution in [-0.2, 0) is 0 Å². The van der Waals surface area contributed by atoms with Crippen molar-refractivity contribution in [1.29, 1.82) is 0 Å². The van der Waals surface area contributed by atoms with Gasteiger partial charge in [-0.05, 0) is 22.9 Å². The van der Waals surface area contributed by atoms with Gasteiger partial charge in [-0.15, -0.1) is 0 Å². The fourth-order valence-electron chi connectivity index (χ4n) is 4.70. The lowest BCUT2D eigenvalue weighted by Crippen LogP contribution is -2.37. The molecule has 0 N–H and O–H groups in total. The monoisotopic (exact) mass is 363 g/mol. The number of benzene rings is 4. The van der Waals surface area contributed by atoms with Crippen molar-refractivity contribution >= 4 is 62.1 Å². The van der Waals surface area contributed by atoms with Crippen molar-refractivity contribution in [1.82, 2.24) is 4.40 Å². The van der Waals surface area contributed by atoms with Crippen LogP contribution in [0.4, 0.5) is 0 Å². The molecule has 0 atom stereocenters. The zero-order valence-electron chi connectivity index (χ0n) is 15.9. The molecule has 2 aromatic heterocycles. The summed E-state index contributed by atoms with van der Waals surface area (Å²) in [7, 11) is -1.43. The molecule has 6 aromatic rings. The van der Waals surface area contributed by atoms with Crippen molar-refractivity contribution in [3.8, 4) is 0 Å². The van der Waals surface area contributed by atoms with E-state index < -0.39 is 8.07 Å². The Morgan fingerprint density at radius 3 is 2.15 bits per heavy atom. The predicted molar refractivity (Wildman–Crippen MR) is 122 cm³/mol. The molecule has 0 unspecified atom stereocenters. The molecule has 2 heteroatoms. The molecule has 0 saturated heterocycles. The number of hydrogen-bond donors (Lipinski definition) is 0. The standard InChI is InChI=1S/C25H21NSi/c1-27(2,3)17-14-20-19-10-6-7-11-22(19)26-23-13-12-16-8-4-5-9-18(16)24(23)21(15-17)25(20)26/h4-15H,1-3H3. The third-order valence-corrected chi connectivity index (χ3v) is 8.07. The first kappa shape index (κ1) is 15.2. The summed E-state index contributed by atoms with van der Waals surface area (Å²) in [5, 5.41) is 9.80. The Morgan fingerprint density at radius 2 is 1.33 bits per heavy atom. The Labute approximate surface area is 159 Å². The van der Waals surface area contributed by atoms with Gasteiger partial charge in [0.2, 0.25) is 0 Å². The number of hydrogen-bond acceptors (Lipinski definition) is 0. The van der Waals surface area contributed by atoms with E-state index in [1.807, 2.05) is 0 Å². The van der Waals surface area contributed by atoms with Gasteiger partial charge in [-0.25, -0.2) is 0 Å². The normalized spacial score (nSPS) is 13.0. The van der Waals surface area contributed by atoms with Gasteiger partial charge in [0.15, 0.2) is 0 Å². The first-order valence-electron chi connectivity index (χ1n) is 9.64. The SMILES string of the molecule is C[Si](C)(C)c1cc2c3ccccc3n3c4ccc5ccccc5c4c(c1)c23. The number of rotatable bonds is 1. The molecule has 2 heterocycles. The van der Waals surface area contributed by atoms with Crippen molar-refractivity contribution in [3.05, 3.63) is 72.8 Å². The van der Waals surface area contributed by atoms with Gasteiger partial charge in [-0.1, -0.05) is 85.5 Å². The second kappa shape index (κ2) is 4.90. The fourth-order valence-corrected chi connectivity index (χ4v) is 5.86. The molecule has 0 bridgehead atoms. The van der Waals surface area contributed by atoms with Crippen LogP contribution in [0.2, 0.25) is 19.6 Å². The van der Waals surface area contributed by atoms with Crippen LogP contribution in [0.1, 0.15) is 0 Å². The topological polar surface area (TPSA) is 4.41 Å². The summed E-state index contributed by atoms with van der Waals surface area (Å²) in [5.41, 5.74) is 4.02. The highest BCUT2D eigenvalue weighted by Crippen LogP contribution is 2.41. The number of para-hydroxylation sites is 1. The summed E-state index contributed by atoms with van der Waals surface area (Å²) in [6.07, 6.45) is 0. The van der Waals surface area contributed by atoms with Gasteiger partial charge in [0.05, 0.1) is 24.6 Å². The number of fused-ring (bicyclic) bond motifs is 8. The van der Waals surface area contributed by atoms with Gasteiger partial charge in [0, 0.05) is 21.5 Å². The summed E-state index contributed by atoms with van der Waals surface area (Å²) >= 11 is 0. The number of nitrogens with zero attached hydrogens (tertiary/aromatic N) is 1. The Balaban J connectivity index is 2.01. The summed E-state index contributed by atoms with van der Waals surface area (Å²) in [4.78, 5) is 0. The van der Waals surface area contributed by atoms with E-state index in [-0.39, 0.29) is 0 Å².